The lowest BCUT2D eigenvalue weighted by Crippen LogP contribution is -2.52. The first kappa shape index (κ1) is 21.6. The van der Waals surface area contributed by atoms with Crippen LogP contribution in [0.15, 0.2) is 18.5 Å². The largest absolute Gasteiger partial charge is 0.387 e. The lowest BCUT2D eigenvalue weighted by Gasteiger charge is -2.57. The lowest BCUT2D eigenvalue weighted by atomic mass is 9.49. The molecule has 0 amide bonds. The molecule has 5 rings (SSSR count). The number of aromatic nitrogens is 2. The Hall–Kier alpha value is -1.20. The summed E-state index contributed by atoms with van der Waals surface area (Å²) >= 11 is 0. The molecular weight excluding hydrogens is 388 g/mol. The van der Waals surface area contributed by atoms with Crippen LogP contribution in [-0.4, -0.2) is 39.5 Å². The third kappa shape index (κ3) is 3.80. The highest BCUT2D eigenvalue weighted by Gasteiger charge is 2.59. The van der Waals surface area contributed by atoms with E-state index < -0.39 is 5.60 Å². The molecule has 1 aromatic rings. The van der Waals surface area contributed by atoms with Crippen molar-refractivity contribution >= 4 is 5.78 Å². The SMILES string of the molecule is CCOC[C@@]1(O)CC[C@H]2[C@H](CC[C@@H]3[C@@H]2CC[C@]2(C)[C@@H](C(=O)Cn4cccn4)CC[C@@H]32)C1. The molecule has 0 aromatic carbocycles. The summed E-state index contributed by atoms with van der Waals surface area (Å²) in [5.74, 6) is 4.28. The Morgan fingerprint density at radius 1 is 1.13 bits per heavy atom. The molecule has 0 saturated heterocycles. The van der Waals surface area contributed by atoms with Crippen molar-refractivity contribution in [3.05, 3.63) is 18.5 Å². The van der Waals surface area contributed by atoms with Crippen molar-refractivity contribution in [2.75, 3.05) is 13.2 Å². The van der Waals surface area contributed by atoms with Crippen molar-refractivity contribution in [2.24, 2.45) is 40.9 Å². The van der Waals surface area contributed by atoms with Gasteiger partial charge in [0, 0.05) is 24.9 Å². The summed E-state index contributed by atoms with van der Waals surface area (Å²) in [4.78, 5) is 13.2. The van der Waals surface area contributed by atoms with Gasteiger partial charge in [-0.05, 0) is 106 Å². The molecule has 5 nitrogen and oxygen atoms in total. The minimum atomic E-state index is -0.607. The van der Waals surface area contributed by atoms with Gasteiger partial charge in [0.1, 0.15) is 0 Å². The van der Waals surface area contributed by atoms with Crippen molar-refractivity contribution in [1.82, 2.24) is 9.78 Å². The molecule has 4 fully saturated rings. The van der Waals surface area contributed by atoms with Crippen molar-refractivity contribution in [3.8, 4) is 0 Å². The van der Waals surface area contributed by atoms with Crippen molar-refractivity contribution in [1.29, 1.82) is 0 Å². The van der Waals surface area contributed by atoms with Crippen LogP contribution in [0, 0.1) is 40.9 Å². The average Bonchev–Trinajstić information content (AvgIpc) is 3.39. The van der Waals surface area contributed by atoms with Crippen LogP contribution in [-0.2, 0) is 16.1 Å². The summed E-state index contributed by atoms with van der Waals surface area (Å²) in [5, 5.41) is 15.3. The summed E-state index contributed by atoms with van der Waals surface area (Å²) in [7, 11) is 0. The van der Waals surface area contributed by atoms with Gasteiger partial charge in [-0.3, -0.25) is 9.48 Å². The van der Waals surface area contributed by atoms with E-state index in [1.165, 1.54) is 32.1 Å². The predicted octanol–water partition coefficient (Wildman–Crippen LogP) is 4.49. The highest BCUT2D eigenvalue weighted by Crippen LogP contribution is 2.64. The van der Waals surface area contributed by atoms with E-state index in [0.717, 1.165) is 43.4 Å². The molecule has 1 N–H and O–H groups in total. The average molecular weight is 429 g/mol. The second kappa shape index (κ2) is 8.30. The summed E-state index contributed by atoms with van der Waals surface area (Å²) < 4.78 is 7.41. The van der Waals surface area contributed by atoms with Gasteiger partial charge in [0.2, 0.25) is 0 Å². The van der Waals surface area contributed by atoms with Gasteiger partial charge in [-0.15, -0.1) is 0 Å². The van der Waals surface area contributed by atoms with E-state index in [1.807, 2.05) is 19.2 Å². The second-order valence-corrected chi connectivity index (χ2v) is 11.4. The van der Waals surface area contributed by atoms with Crippen LogP contribution < -0.4 is 0 Å². The van der Waals surface area contributed by atoms with E-state index >= 15 is 0 Å². The second-order valence-electron chi connectivity index (χ2n) is 11.4. The van der Waals surface area contributed by atoms with Gasteiger partial charge in [0.15, 0.2) is 5.78 Å². The van der Waals surface area contributed by atoms with Crippen LogP contribution in [0.2, 0.25) is 0 Å². The summed E-state index contributed by atoms with van der Waals surface area (Å²) in [5.41, 5.74) is -0.437. The molecule has 0 aliphatic heterocycles. The molecule has 0 bridgehead atoms. The molecule has 4 aliphatic carbocycles. The Morgan fingerprint density at radius 2 is 1.97 bits per heavy atom. The number of rotatable bonds is 6. The Morgan fingerprint density at radius 3 is 2.74 bits per heavy atom. The highest BCUT2D eigenvalue weighted by molar-refractivity contribution is 5.82. The van der Waals surface area contributed by atoms with E-state index in [1.54, 1.807) is 10.9 Å². The van der Waals surface area contributed by atoms with Gasteiger partial charge in [-0.2, -0.15) is 5.10 Å². The number of fused-ring (bicyclic) bond motifs is 5. The van der Waals surface area contributed by atoms with Crippen LogP contribution in [0.25, 0.3) is 0 Å². The summed E-state index contributed by atoms with van der Waals surface area (Å²) in [6.45, 7) is 6.05. The third-order valence-corrected chi connectivity index (χ3v) is 9.94. The first-order chi connectivity index (χ1) is 14.9. The van der Waals surface area contributed by atoms with Crippen molar-refractivity contribution in [3.63, 3.8) is 0 Å². The normalized spacial score (nSPS) is 44.4. The number of Topliss-reactive ketones (excluding diaryl/α,β-unsaturated/α-hetero) is 1. The van der Waals surface area contributed by atoms with E-state index in [-0.39, 0.29) is 11.3 Å². The minimum absolute atomic E-state index is 0.169. The molecule has 4 saturated carbocycles. The lowest BCUT2D eigenvalue weighted by molar-refractivity contribution is -0.138. The van der Waals surface area contributed by atoms with Gasteiger partial charge < -0.3 is 9.84 Å². The number of ether oxygens (including phenoxy) is 1. The fourth-order valence-electron chi connectivity index (χ4n) is 8.58. The maximum Gasteiger partial charge on any atom is 0.157 e. The van der Waals surface area contributed by atoms with E-state index in [2.05, 4.69) is 12.0 Å². The molecule has 31 heavy (non-hydrogen) atoms. The van der Waals surface area contributed by atoms with Crippen molar-refractivity contribution < 1.29 is 14.6 Å². The fourth-order valence-corrected chi connectivity index (χ4v) is 8.58. The Kier molecular flexibility index (Phi) is 5.79. The molecular formula is C26H40N2O3. The van der Waals surface area contributed by atoms with E-state index in [4.69, 9.17) is 4.74 Å². The maximum absolute atomic E-state index is 13.2. The molecule has 0 spiro atoms. The summed E-state index contributed by atoms with van der Waals surface area (Å²) in [6, 6.07) is 1.90. The quantitative estimate of drug-likeness (QED) is 0.725. The van der Waals surface area contributed by atoms with Crippen LogP contribution in [0.4, 0.5) is 0 Å². The number of hydrogen-bond donors (Lipinski definition) is 1. The van der Waals surface area contributed by atoms with Gasteiger partial charge in [-0.25, -0.2) is 0 Å². The van der Waals surface area contributed by atoms with Gasteiger partial charge in [-0.1, -0.05) is 6.92 Å². The number of carbonyl (C=O) groups is 1. The maximum atomic E-state index is 13.2. The first-order valence-corrected chi connectivity index (χ1v) is 12.7. The van der Waals surface area contributed by atoms with E-state index in [0.29, 0.717) is 37.4 Å². The number of aliphatic hydroxyl groups is 1. The van der Waals surface area contributed by atoms with Gasteiger partial charge in [0.25, 0.3) is 0 Å². The topological polar surface area (TPSA) is 64.3 Å². The number of carbonyl (C=O) groups excluding carboxylic acids is 1. The zero-order valence-electron chi connectivity index (χ0n) is 19.3. The summed E-state index contributed by atoms with van der Waals surface area (Å²) in [6.07, 6.45) is 13.9. The van der Waals surface area contributed by atoms with Gasteiger partial charge in [0.05, 0.1) is 18.8 Å². The van der Waals surface area contributed by atoms with Crippen LogP contribution in [0.1, 0.15) is 71.6 Å². The van der Waals surface area contributed by atoms with Crippen molar-refractivity contribution in [2.45, 2.75) is 83.8 Å². The van der Waals surface area contributed by atoms with E-state index in [9.17, 15) is 9.90 Å². The molecule has 4 aliphatic rings. The molecule has 5 heteroatoms. The zero-order valence-corrected chi connectivity index (χ0v) is 19.3. The Bertz CT molecular complexity index is 780. The zero-order chi connectivity index (χ0) is 21.6. The standard InChI is InChI=1S/C26H40N2O3/c1-3-31-17-26(30)12-10-19-18(15-26)5-6-21-20(19)9-11-25(2)22(21)7-8-23(25)24(29)16-28-14-4-13-27-28/h4,13-14,18-23,30H,3,5-12,15-17H2,1-2H3/t18-,19+,20-,21-,22+,23-,25+,26-/m1/s1. The Labute approximate surface area is 186 Å². The molecule has 1 aromatic heterocycles. The third-order valence-electron chi connectivity index (χ3n) is 9.94. The number of nitrogens with zero attached hydrogens (tertiary/aromatic N) is 2. The predicted molar refractivity (Wildman–Crippen MR) is 119 cm³/mol. The molecule has 172 valence electrons. The highest BCUT2D eigenvalue weighted by atomic mass is 16.5. The molecule has 1 heterocycles. The Balaban J connectivity index is 1.27. The number of ketones is 1. The van der Waals surface area contributed by atoms with Gasteiger partial charge >= 0.3 is 0 Å². The fraction of sp³-hybridized carbons (Fsp3) is 0.846. The smallest absolute Gasteiger partial charge is 0.157 e. The molecule has 0 radical (unpaired) electrons. The molecule has 8 atom stereocenters. The van der Waals surface area contributed by atoms with Crippen LogP contribution in [0.3, 0.4) is 0 Å². The monoisotopic (exact) mass is 428 g/mol. The van der Waals surface area contributed by atoms with Crippen LogP contribution in [0.5, 0.6) is 0 Å². The first-order valence-electron chi connectivity index (χ1n) is 12.7. The minimum Gasteiger partial charge on any atom is -0.387 e. The number of hydrogen-bond acceptors (Lipinski definition) is 4. The van der Waals surface area contributed by atoms with Crippen LogP contribution >= 0.6 is 0 Å². The molecule has 0 unspecified atom stereocenters.